The number of nitrogens with zero attached hydrogens (tertiary/aromatic N) is 1. The van der Waals surface area contributed by atoms with E-state index in [-0.39, 0.29) is 0 Å². The molecule has 0 aliphatic carbocycles. The van der Waals surface area contributed by atoms with Crippen LogP contribution in [0.5, 0.6) is 0 Å². The number of aromatic amines is 1. The Labute approximate surface area is 84.3 Å². The largest absolute Gasteiger partial charge is 0.278 e. The van der Waals surface area contributed by atoms with Gasteiger partial charge in [-0.15, -0.1) is 0 Å². The SMILES string of the molecule is CCc1cc(C(C)C)c2[nH]ncc2c1. The molecule has 14 heavy (non-hydrogen) atoms. The third kappa shape index (κ3) is 1.41. The zero-order chi connectivity index (χ0) is 10.1. The van der Waals surface area contributed by atoms with Crippen molar-refractivity contribution in [1.82, 2.24) is 10.2 Å². The molecule has 0 fully saturated rings. The van der Waals surface area contributed by atoms with Crippen LogP contribution in [0.2, 0.25) is 0 Å². The van der Waals surface area contributed by atoms with Crippen molar-refractivity contribution in [3.8, 4) is 0 Å². The molecule has 0 bridgehead atoms. The minimum atomic E-state index is 0.546. The van der Waals surface area contributed by atoms with E-state index in [4.69, 9.17) is 0 Å². The van der Waals surface area contributed by atoms with Crippen molar-refractivity contribution in [3.63, 3.8) is 0 Å². The van der Waals surface area contributed by atoms with E-state index in [0.29, 0.717) is 5.92 Å². The van der Waals surface area contributed by atoms with Crippen LogP contribution in [0.3, 0.4) is 0 Å². The van der Waals surface area contributed by atoms with Gasteiger partial charge >= 0.3 is 0 Å². The normalized spacial score (nSPS) is 11.4. The maximum atomic E-state index is 4.09. The summed E-state index contributed by atoms with van der Waals surface area (Å²) in [5.74, 6) is 0.546. The number of aryl methyl sites for hydroxylation is 1. The smallest absolute Gasteiger partial charge is 0.0685 e. The van der Waals surface area contributed by atoms with Gasteiger partial charge in [0.2, 0.25) is 0 Å². The van der Waals surface area contributed by atoms with E-state index < -0.39 is 0 Å². The topological polar surface area (TPSA) is 28.7 Å². The number of hydrogen-bond acceptors (Lipinski definition) is 1. The summed E-state index contributed by atoms with van der Waals surface area (Å²) in [5, 5.41) is 8.40. The Morgan fingerprint density at radius 2 is 2.14 bits per heavy atom. The molecule has 1 aromatic heterocycles. The first kappa shape index (κ1) is 9.25. The molecule has 2 nitrogen and oxygen atoms in total. The molecule has 74 valence electrons. The summed E-state index contributed by atoms with van der Waals surface area (Å²) in [4.78, 5) is 0. The summed E-state index contributed by atoms with van der Waals surface area (Å²) in [5.41, 5.74) is 3.96. The van der Waals surface area contributed by atoms with Crippen molar-refractivity contribution < 1.29 is 0 Å². The van der Waals surface area contributed by atoms with Crippen LogP contribution >= 0.6 is 0 Å². The molecule has 0 atom stereocenters. The summed E-state index contributed by atoms with van der Waals surface area (Å²) < 4.78 is 0. The van der Waals surface area contributed by atoms with Crippen LogP contribution in [0.25, 0.3) is 10.9 Å². The molecule has 1 heterocycles. The van der Waals surface area contributed by atoms with Gasteiger partial charge in [0.25, 0.3) is 0 Å². The van der Waals surface area contributed by atoms with Crippen LogP contribution in [0.1, 0.15) is 37.8 Å². The zero-order valence-electron chi connectivity index (χ0n) is 8.96. The fraction of sp³-hybridized carbons (Fsp3) is 0.417. The van der Waals surface area contributed by atoms with Gasteiger partial charge in [-0.25, -0.2) is 0 Å². The molecule has 1 aromatic carbocycles. The molecule has 0 unspecified atom stereocenters. The van der Waals surface area contributed by atoms with Crippen molar-refractivity contribution in [2.75, 3.05) is 0 Å². The first-order valence-electron chi connectivity index (χ1n) is 5.18. The zero-order valence-corrected chi connectivity index (χ0v) is 8.96. The molecule has 1 N–H and O–H groups in total. The van der Waals surface area contributed by atoms with E-state index in [9.17, 15) is 0 Å². The highest BCUT2D eigenvalue weighted by Gasteiger charge is 2.08. The molecular weight excluding hydrogens is 172 g/mol. The average molecular weight is 188 g/mol. The van der Waals surface area contributed by atoms with E-state index in [1.54, 1.807) is 0 Å². The minimum absolute atomic E-state index is 0.546. The second-order valence-corrected chi connectivity index (χ2v) is 4.03. The summed E-state index contributed by atoms with van der Waals surface area (Å²) in [6.07, 6.45) is 2.99. The number of rotatable bonds is 2. The number of fused-ring (bicyclic) bond motifs is 1. The Bertz CT molecular complexity index is 441. The predicted molar refractivity (Wildman–Crippen MR) is 59.6 cm³/mol. The van der Waals surface area contributed by atoms with Crippen molar-refractivity contribution >= 4 is 10.9 Å². The van der Waals surface area contributed by atoms with Crippen molar-refractivity contribution in [1.29, 1.82) is 0 Å². The molecule has 0 amide bonds. The van der Waals surface area contributed by atoms with Crippen LogP contribution in [0.15, 0.2) is 18.3 Å². The summed E-state index contributed by atoms with van der Waals surface area (Å²) in [6, 6.07) is 4.50. The lowest BCUT2D eigenvalue weighted by Crippen LogP contribution is -1.92. The first-order chi connectivity index (χ1) is 6.72. The molecule has 0 saturated carbocycles. The van der Waals surface area contributed by atoms with E-state index in [1.165, 1.54) is 22.0 Å². The molecular formula is C12H16N2. The summed E-state index contributed by atoms with van der Waals surface area (Å²) in [7, 11) is 0. The minimum Gasteiger partial charge on any atom is -0.278 e. The highest BCUT2D eigenvalue weighted by molar-refractivity contribution is 5.82. The van der Waals surface area contributed by atoms with E-state index in [0.717, 1.165) is 6.42 Å². The standard InChI is InChI=1S/C12H16N2/c1-4-9-5-10-7-13-14-12(10)11(6-9)8(2)3/h5-8H,4H2,1-3H3,(H,13,14). The maximum absolute atomic E-state index is 4.09. The average Bonchev–Trinajstić information content (AvgIpc) is 2.63. The third-order valence-electron chi connectivity index (χ3n) is 2.67. The van der Waals surface area contributed by atoms with Gasteiger partial charge in [0, 0.05) is 5.39 Å². The number of H-pyrrole nitrogens is 1. The van der Waals surface area contributed by atoms with Crippen molar-refractivity contribution in [2.45, 2.75) is 33.1 Å². The second-order valence-electron chi connectivity index (χ2n) is 4.03. The van der Waals surface area contributed by atoms with E-state index in [1.807, 2.05) is 6.20 Å². The fourth-order valence-corrected chi connectivity index (χ4v) is 1.81. The molecule has 0 aliphatic rings. The van der Waals surface area contributed by atoms with E-state index in [2.05, 4.69) is 43.1 Å². The van der Waals surface area contributed by atoms with Gasteiger partial charge in [0.15, 0.2) is 0 Å². The van der Waals surface area contributed by atoms with Gasteiger partial charge in [-0.3, -0.25) is 5.10 Å². The van der Waals surface area contributed by atoms with Crippen LogP contribution in [-0.4, -0.2) is 10.2 Å². The van der Waals surface area contributed by atoms with Crippen molar-refractivity contribution in [2.24, 2.45) is 0 Å². The van der Waals surface area contributed by atoms with Crippen LogP contribution < -0.4 is 0 Å². The van der Waals surface area contributed by atoms with Gasteiger partial charge in [0.1, 0.15) is 0 Å². The fourth-order valence-electron chi connectivity index (χ4n) is 1.81. The highest BCUT2D eigenvalue weighted by Crippen LogP contribution is 2.25. The van der Waals surface area contributed by atoms with E-state index >= 15 is 0 Å². The van der Waals surface area contributed by atoms with Gasteiger partial charge < -0.3 is 0 Å². The Morgan fingerprint density at radius 3 is 2.79 bits per heavy atom. The number of nitrogens with one attached hydrogen (secondary N) is 1. The molecule has 0 saturated heterocycles. The number of benzene rings is 1. The Kier molecular flexibility index (Phi) is 2.28. The molecule has 0 spiro atoms. The van der Waals surface area contributed by atoms with Crippen LogP contribution in [0.4, 0.5) is 0 Å². The van der Waals surface area contributed by atoms with Gasteiger partial charge in [0.05, 0.1) is 11.7 Å². The second kappa shape index (κ2) is 3.45. The van der Waals surface area contributed by atoms with Gasteiger partial charge in [-0.05, 0) is 29.5 Å². The maximum Gasteiger partial charge on any atom is 0.0685 e. The van der Waals surface area contributed by atoms with Crippen molar-refractivity contribution in [3.05, 3.63) is 29.5 Å². The summed E-state index contributed by atoms with van der Waals surface area (Å²) in [6.45, 7) is 6.62. The first-order valence-corrected chi connectivity index (χ1v) is 5.18. The van der Waals surface area contributed by atoms with Crippen LogP contribution in [0, 0.1) is 0 Å². The molecule has 2 aromatic rings. The van der Waals surface area contributed by atoms with Gasteiger partial charge in [-0.1, -0.05) is 26.8 Å². The highest BCUT2D eigenvalue weighted by atomic mass is 15.1. The van der Waals surface area contributed by atoms with Gasteiger partial charge in [-0.2, -0.15) is 5.10 Å². The lowest BCUT2D eigenvalue weighted by Gasteiger charge is -2.08. The lowest BCUT2D eigenvalue weighted by atomic mass is 9.97. The third-order valence-corrected chi connectivity index (χ3v) is 2.67. The predicted octanol–water partition coefficient (Wildman–Crippen LogP) is 3.25. The summed E-state index contributed by atoms with van der Waals surface area (Å²) >= 11 is 0. The molecule has 2 heteroatoms. The Morgan fingerprint density at radius 1 is 1.36 bits per heavy atom. The lowest BCUT2D eigenvalue weighted by molar-refractivity contribution is 0.867. The molecule has 0 radical (unpaired) electrons. The Balaban J connectivity index is 2.70. The van der Waals surface area contributed by atoms with Crippen LogP contribution in [-0.2, 0) is 6.42 Å². The number of aromatic nitrogens is 2. The molecule has 2 rings (SSSR count). The Hall–Kier alpha value is -1.31. The molecule has 0 aliphatic heterocycles. The number of hydrogen-bond donors (Lipinski definition) is 1. The quantitative estimate of drug-likeness (QED) is 0.770. The monoisotopic (exact) mass is 188 g/mol.